The van der Waals surface area contributed by atoms with Crippen molar-refractivity contribution in [3.8, 4) is 5.69 Å². The van der Waals surface area contributed by atoms with Gasteiger partial charge in [-0.25, -0.2) is 4.68 Å². The van der Waals surface area contributed by atoms with Crippen molar-refractivity contribution in [1.82, 2.24) is 9.78 Å². The summed E-state index contributed by atoms with van der Waals surface area (Å²) in [5.41, 5.74) is 9.90. The molecule has 1 heterocycles. The molecule has 0 fully saturated rings. The lowest BCUT2D eigenvalue weighted by atomic mass is 10.1. The van der Waals surface area contributed by atoms with Crippen molar-refractivity contribution in [2.24, 2.45) is 5.73 Å². The average molecular weight is 273 g/mol. The van der Waals surface area contributed by atoms with E-state index in [9.17, 15) is 4.79 Å². The highest BCUT2D eigenvalue weighted by molar-refractivity contribution is 5.75. The van der Waals surface area contributed by atoms with Gasteiger partial charge in [-0.15, -0.1) is 0 Å². The lowest BCUT2D eigenvalue weighted by molar-refractivity contribution is -0.142. The number of carbonyl (C=O) groups excluding carboxylic acids is 1. The third kappa shape index (κ3) is 2.72. The van der Waals surface area contributed by atoms with Crippen molar-refractivity contribution >= 4 is 5.97 Å². The first-order valence-corrected chi connectivity index (χ1v) is 6.47. The van der Waals surface area contributed by atoms with Crippen molar-refractivity contribution in [3.63, 3.8) is 0 Å². The Balaban J connectivity index is 2.28. The molecule has 1 unspecified atom stereocenters. The van der Waals surface area contributed by atoms with Crippen molar-refractivity contribution in [1.29, 1.82) is 0 Å². The van der Waals surface area contributed by atoms with Crippen LogP contribution in [0.1, 0.15) is 16.8 Å². The number of nitrogens with two attached hydrogens (primary N) is 1. The second-order valence-electron chi connectivity index (χ2n) is 4.79. The minimum absolute atomic E-state index is 0.409. The molecular weight excluding hydrogens is 254 g/mol. The van der Waals surface area contributed by atoms with E-state index in [1.807, 2.05) is 42.8 Å². The summed E-state index contributed by atoms with van der Waals surface area (Å²) in [6.07, 6.45) is 2.18. The van der Waals surface area contributed by atoms with E-state index in [1.54, 1.807) is 6.20 Å². The van der Waals surface area contributed by atoms with Crippen LogP contribution in [0.25, 0.3) is 5.69 Å². The highest BCUT2D eigenvalue weighted by atomic mass is 16.5. The van der Waals surface area contributed by atoms with Gasteiger partial charge >= 0.3 is 5.97 Å². The van der Waals surface area contributed by atoms with Crippen LogP contribution in [-0.4, -0.2) is 28.9 Å². The number of ether oxygens (including phenoxy) is 1. The van der Waals surface area contributed by atoms with Gasteiger partial charge in [-0.3, -0.25) is 4.79 Å². The first-order chi connectivity index (χ1) is 9.54. The Hall–Kier alpha value is -2.14. The molecule has 0 saturated carbocycles. The van der Waals surface area contributed by atoms with Crippen LogP contribution < -0.4 is 5.73 Å². The van der Waals surface area contributed by atoms with Gasteiger partial charge in [-0.1, -0.05) is 18.2 Å². The molecule has 0 aliphatic carbocycles. The third-order valence-electron chi connectivity index (χ3n) is 3.40. The normalized spacial score (nSPS) is 12.2. The smallest absolute Gasteiger partial charge is 0.322 e. The molecule has 5 heteroatoms. The van der Waals surface area contributed by atoms with E-state index < -0.39 is 12.0 Å². The highest BCUT2D eigenvalue weighted by Gasteiger charge is 2.18. The lowest BCUT2D eigenvalue weighted by Crippen LogP contribution is -2.33. The van der Waals surface area contributed by atoms with E-state index in [2.05, 4.69) is 9.84 Å². The molecule has 2 N–H and O–H groups in total. The van der Waals surface area contributed by atoms with Gasteiger partial charge in [0.25, 0.3) is 0 Å². The Morgan fingerprint density at radius 2 is 2.10 bits per heavy atom. The third-order valence-corrected chi connectivity index (χ3v) is 3.40. The standard InChI is InChI=1S/C15H19N3O2/c1-10-6-4-5-7-14(10)18-11(2)12(9-17-18)8-13(16)15(19)20-3/h4-7,9,13H,8,16H2,1-3H3. The molecule has 106 valence electrons. The summed E-state index contributed by atoms with van der Waals surface area (Å²) in [6.45, 7) is 4.01. The zero-order valence-electron chi connectivity index (χ0n) is 12.0. The second-order valence-corrected chi connectivity index (χ2v) is 4.79. The number of hydrogen-bond donors (Lipinski definition) is 1. The lowest BCUT2D eigenvalue weighted by Gasteiger charge is -2.10. The number of methoxy groups -OCH3 is 1. The average Bonchev–Trinajstić information content (AvgIpc) is 2.80. The topological polar surface area (TPSA) is 70.1 Å². The Labute approximate surface area is 118 Å². The number of esters is 1. The van der Waals surface area contributed by atoms with E-state index in [-0.39, 0.29) is 0 Å². The van der Waals surface area contributed by atoms with Crippen LogP contribution in [0.5, 0.6) is 0 Å². The maximum Gasteiger partial charge on any atom is 0.322 e. The minimum Gasteiger partial charge on any atom is -0.468 e. The fourth-order valence-electron chi connectivity index (χ4n) is 2.16. The van der Waals surface area contributed by atoms with E-state index >= 15 is 0 Å². The summed E-state index contributed by atoms with van der Waals surface area (Å²) in [5.74, 6) is -0.409. The Morgan fingerprint density at radius 3 is 2.75 bits per heavy atom. The molecule has 0 bridgehead atoms. The molecule has 5 nitrogen and oxygen atoms in total. The first-order valence-electron chi connectivity index (χ1n) is 6.47. The van der Waals surface area contributed by atoms with Gasteiger partial charge in [-0.05, 0) is 31.0 Å². The number of benzene rings is 1. The quantitative estimate of drug-likeness (QED) is 0.858. The highest BCUT2D eigenvalue weighted by Crippen LogP contribution is 2.18. The van der Waals surface area contributed by atoms with Crippen LogP contribution in [0.15, 0.2) is 30.5 Å². The van der Waals surface area contributed by atoms with Crippen molar-refractivity contribution < 1.29 is 9.53 Å². The molecular formula is C15H19N3O2. The Kier molecular flexibility index (Phi) is 4.20. The molecule has 1 aromatic heterocycles. The largest absolute Gasteiger partial charge is 0.468 e. The predicted molar refractivity (Wildman–Crippen MR) is 76.7 cm³/mol. The van der Waals surface area contributed by atoms with Crippen LogP contribution in [0.3, 0.4) is 0 Å². The van der Waals surface area contributed by atoms with Crippen LogP contribution in [0, 0.1) is 13.8 Å². The van der Waals surface area contributed by atoms with Gasteiger partial charge in [0.2, 0.25) is 0 Å². The summed E-state index contributed by atoms with van der Waals surface area (Å²) in [4.78, 5) is 11.4. The molecule has 0 radical (unpaired) electrons. The van der Waals surface area contributed by atoms with Gasteiger partial charge in [-0.2, -0.15) is 5.10 Å². The number of nitrogens with zero attached hydrogens (tertiary/aromatic N) is 2. The summed E-state index contributed by atoms with van der Waals surface area (Å²) in [7, 11) is 1.34. The molecule has 20 heavy (non-hydrogen) atoms. The van der Waals surface area contributed by atoms with E-state index in [1.165, 1.54) is 7.11 Å². The molecule has 0 saturated heterocycles. The monoisotopic (exact) mass is 273 g/mol. The summed E-state index contributed by atoms with van der Waals surface area (Å²) >= 11 is 0. The van der Waals surface area contributed by atoms with Gasteiger partial charge < -0.3 is 10.5 Å². The van der Waals surface area contributed by atoms with Crippen molar-refractivity contribution in [2.45, 2.75) is 26.3 Å². The Morgan fingerprint density at radius 1 is 1.40 bits per heavy atom. The van der Waals surface area contributed by atoms with Gasteiger partial charge in [0.15, 0.2) is 0 Å². The molecule has 1 aromatic carbocycles. The molecule has 1 atom stereocenters. The minimum atomic E-state index is -0.659. The predicted octanol–water partition coefficient (Wildman–Crippen LogP) is 1.53. The zero-order chi connectivity index (χ0) is 14.7. The molecule has 2 aromatic rings. The van der Waals surface area contributed by atoms with Crippen LogP contribution in [0.2, 0.25) is 0 Å². The Bertz CT molecular complexity index is 619. The van der Waals surface area contributed by atoms with E-state index in [4.69, 9.17) is 5.73 Å². The van der Waals surface area contributed by atoms with E-state index in [0.29, 0.717) is 6.42 Å². The van der Waals surface area contributed by atoms with Gasteiger partial charge in [0.1, 0.15) is 6.04 Å². The molecule has 0 aliphatic heterocycles. The molecule has 0 aliphatic rings. The van der Waals surface area contributed by atoms with Gasteiger partial charge in [0, 0.05) is 12.1 Å². The summed E-state index contributed by atoms with van der Waals surface area (Å²) in [6, 6.07) is 7.36. The molecule has 2 rings (SSSR count). The number of carbonyl (C=O) groups is 1. The SMILES string of the molecule is COC(=O)C(N)Cc1cnn(-c2ccccc2C)c1C. The summed E-state index contributed by atoms with van der Waals surface area (Å²) in [5, 5.41) is 4.39. The fraction of sp³-hybridized carbons (Fsp3) is 0.333. The zero-order valence-corrected chi connectivity index (χ0v) is 12.0. The molecule has 0 amide bonds. The fourth-order valence-corrected chi connectivity index (χ4v) is 2.16. The van der Waals surface area contributed by atoms with Crippen LogP contribution >= 0.6 is 0 Å². The number of rotatable bonds is 4. The van der Waals surface area contributed by atoms with Gasteiger partial charge in [0.05, 0.1) is 19.0 Å². The maximum atomic E-state index is 11.4. The number of hydrogen-bond acceptors (Lipinski definition) is 4. The van der Waals surface area contributed by atoms with Crippen molar-refractivity contribution in [3.05, 3.63) is 47.3 Å². The molecule has 0 spiro atoms. The van der Waals surface area contributed by atoms with Crippen LogP contribution in [-0.2, 0) is 16.0 Å². The van der Waals surface area contributed by atoms with Crippen LogP contribution in [0.4, 0.5) is 0 Å². The maximum absolute atomic E-state index is 11.4. The summed E-state index contributed by atoms with van der Waals surface area (Å²) < 4.78 is 6.51. The second kappa shape index (κ2) is 5.88. The number of aromatic nitrogens is 2. The number of para-hydroxylation sites is 1. The first kappa shape index (κ1) is 14.3. The van der Waals surface area contributed by atoms with E-state index in [0.717, 1.165) is 22.5 Å². The number of aryl methyl sites for hydroxylation is 1. The van der Waals surface area contributed by atoms with Crippen molar-refractivity contribution in [2.75, 3.05) is 7.11 Å².